The molecule has 0 N–H and O–H groups in total. The van der Waals surface area contributed by atoms with Crippen LogP contribution in [0.25, 0.3) is 27.7 Å². The van der Waals surface area contributed by atoms with Crippen LogP contribution in [-0.4, -0.2) is 19.3 Å². The number of rotatable bonds is 3. The summed E-state index contributed by atoms with van der Waals surface area (Å²) in [6.45, 7) is 6.01. The monoisotopic (exact) mass is 446 g/mol. The van der Waals surface area contributed by atoms with E-state index in [0.717, 1.165) is 22.4 Å². The molecule has 0 atom stereocenters. The average molecular weight is 447 g/mol. The molecule has 0 aliphatic heterocycles. The van der Waals surface area contributed by atoms with Crippen LogP contribution >= 0.6 is 11.6 Å². The van der Waals surface area contributed by atoms with Gasteiger partial charge in [-0.15, -0.1) is 0 Å². The standard InChI is InChI=1S/C24H19ClN4O3/c1-13-4-14(2)6-17(5-13)29-23-19(10-27-29)24(31)28(12-26-23)11-16-8-22(30)32-21-7-15(3)20(25)9-18(16)21/h4-10,12H,11H2,1-3H3. The van der Waals surface area contributed by atoms with E-state index in [9.17, 15) is 9.59 Å². The van der Waals surface area contributed by atoms with Gasteiger partial charge in [-0.25, -0.2) is 14.5 Å². The van der Waals surface area contributed by atoms with Crippen LogP contribution in [0.15, 0.2) is 62.9 Å². The van der Waals surface area contributed by atoms with Gasteiger partial charge in [-0.3, -0.25) is 9.36 Å². The number of aryl methyl sites for hydroxylation is 3. The Bertz CT molecular complexity index is 1630. The van der Waals surface area contributed by atoms with Crippen molar-refractivity contribution in [3.05, 3.63) is 97.0 Å². The van der Waals surface area contributed by atoms with Crippen LogP contribution in [0.5, 0.6) is 0 Å². The molecule has 2 aromatic carbocycles. The second-order valence-corrected chi connectivity index (χ2v) is 8.41. The first-order valence-electron chi connectivity index (χ1n) is 10.0. The predicted octanol–water partition coefficient (Wildman–Crippen LogP) is 4.32. The minimum Gasteiger partial charge on any atom is -0.423 e. The molecule has 0 fully saturated rings. The molecule has 8 heteroatoms. The van der Waals surface area contributed by atoms with Gasteiger partial charge in [0.1, 0.15) is 17.3 Å². The lowest BCUT2D eigenvalue weighted by molar-refractivity contribution is 0.557. The third-order valence-electron chi connectivity index (χ3n) is 5.46. The molecule has 5 aromatic rings. The Hall–Kier alpha value is -3.71. The maximum Gasteiger partial charge on any atom is 0.336 e. The Kier molecular flexibility index (Phi) is 4.71. The smallest absolute Gasteiger partial charge is 0.336 e. The molecule has 32 heavy (non-hydrogen) atoms. The quantitative estimate of drug-likeness (QED) is 0.385. The van der Waals surface area contributed by atoms with Crippen LogP contribution in [0, 0.1) is 20.8 Å². The highest BCUT2D eigenvalue weighted by molar-refractivity contribution is 6.32. The van der Waals surface area contributed by atoms with Crippen molar-refractivity contribution in [2.24, 2.45) is 0 Å². The van der Waals surface area contributed by atoms with Gasteiger partial charge in [0.05, 0.1) is 18.4 Å². The molecule has 0 bridgehead atoms. The van der Waals surface area contributed by atoms with Gasteiger partial charge >= 0.3 is 5.63 Å². The number of nitrogens with zero attached hydrogens (tertiary/aromatic N) is 4. The van der Waals surface area contributed by atoms with Crippen molar-refractivity contribution in [2.45, 2.75) is 27.3 Å². The molecule has 0 aliphatic carbocycles. The number of hydrogen-bond donors (Lipinski definition) is 0. The molecule has 160 valence electrons. The first kappa shape index (κ1) is 20.2. The third kappa shape index (κ3) is 3.40. The van der Waals surface area contributed by atoms with E-state index in [-0.39, 0.29) is 12.1 Å². The van der Waals surface area contributed by atoms with Gasteiger partial charge in [0, 0.05) is 16.5 Å². The fourth-order valence-corrected chi connectivity index (χ4v) is 4.15. The predicted molar refractivity (Wildman–Crippen MR) is 124 cm³/mol. The van der Waals surface area contributed by atoms with Crippen molar-refractivity contribution >= 4 is 33.6 Å². The highest BCUT2D eigenvalue weighted by Gasteiger charge is 2.14. The second-order valence-electron chi connectivity index (χ2n) is 8.01. The molecule has 0 unspecified atom stereocenters. The van der Waals surface area contributed by atoms with Crippen molar-refractivity contribution in [3.8, 4) is 5.69 Å². The maximum atomic E-state index is 13.2. The number of hydrogen-bond acceptors (Lipinski definition) is 5. The molecule has 0 saturated heterocycles. The van der Waals surface area contributed by atoms with Crippen molar-refractivity contribution in [2.75, 3.05) is 0 Å². The van der Waals surface area contributed by atoms with E-state index in [1.807, 2.05) is 32.9 Å². The van der Waals surface area contributed by atoms with E-state index in [1.165, 1.54) is 23.2 Å². The van der Waals surface area contributed by atoms with Gasteiger partial charge in [-0.05, 0) is 67.3 Å². The van der Waals surface area contributed by atoms with E-state index in [1.54, 1.807) is 16.8 Å². The van der Waals surface area contributed by atoms with Gasteiger partial charge in [0.15, 0.2) is 5.65 Å². The second kappa shape index (κ2) is 7.46. The molecule has 0 amide bonds. The number of fused-ring (bicyclic) bond motifs is 2. The first-order chi connectivity index (χ1) is 15.3. The van der Waals surface area contributed by atoms with Crippen molar-refractivity contribution in [3.63, 3.8) is 0 Å². The topological polar surface area (TPSA) is 82.9 Å². The molecule has 7 nitrogen and oxygen atoms in total. The van der Waals surface area contributed by atoms with E-state index >= 15 is 0 Å². The fourth-order valence-electron chi connectivity index (χ4n) is 3.99. The molecule has 3 heterocycles. The lowest BCUT2D eigenvalue weighted by Crippen LogP contribution is -2.21. The third-order valence-corrected chi connectivity index (χ3v) is 5.86. The Labute approximate surface area is 187 Å². The Balaban J connectivity index is 1.63. The Morgan fingerprint density at radius 3 is 2.47 bits per heavy atom. The summed E-state index contributed by atoms with van der Waals surface area (Å²) in [5.74, 6) is 0. The van der Waals surface area contributed by atoms with Crippen LogP contribution in [0.2, 0.25) is 5.02 Å². The summed E-state index contributed by atoms with van der Waals surface area (Å²) in [6.07, 6.45) is 3.00. The van der Waals surface area contributed by atoms with Crippen molar-refractivity contribution in [1.82, 2.24) is 19.3 Å². The zero-order chi connectivity index (χ0) is 22.6. The van der Waals surface area contributed by atoms with Crippen molar-refractivity contribution in [1.29, 1.82) is 0 Å². The van der Waals surface area contributed by atoms with Crippen LogP contribution in [0.3, 0.4) is 0 Å². The minimum atomic E-state index is -0.487. The van der Waals surface area contributed by atoms with Crippen LogP contribution in [0.4, 0.5) is 0 Å². The molecule has 0 radical (unpaired) electrons. The highest BCUT2D eigenvalue weighted by atomic mass is 35.5. The largest absolute Gasteiger partial charge is 0.423 e. The fraction of sp³-hybridized carbons (Fsp3) is 0.167. The minimum absolute atomic E-state index is 0.151. The lowest BCUT2D eigenvalue weighted by atomic mass is 10.1. The van der Waals surface area contributed by atoms with Gasteiger partial charge in [0.25, 0.3) is 5.56 Å². The molecule has 5 rings (SSSR count). The van der Waals surface area contributed by atoms with Gasteiger partial charge < -0.3 is 4.42 Å². The van der Waals surface area contributed by atoms with E-state index < -0.39 is 5.63 Å². The zero-order valence-electron chi connectivity index (χ0n) is 17.7. The summed E-state index contributed by atoms with van der Waals surface area (Å²) in [6, 6.07) is 10.9. The summed E-state index contributed by atoms with van der Waals surface area (Å²) in [4.78, 5) is 29.8. The Morgan fingerprint density at radius 1 is 0.969 bits per heavy atom. The zero-order valence-corrected chi connectivity index (χ0v) is 18.5. The maximum absolute atomic E-state index is 13.2. The highest BCUT2D eigenvalue weighted by Crippen LogP contribution is 2.25. The Morgan fingerprint density at radius 2 is 1.72 bits per heavy atom. The van der Waals surface area contributed by atoms with E-state index in [0.29, 0.717) is 32.6 Å². The summed E-state index contributed by atoms with van der Waals surface area (Å²) >= 11 is 6.28. The first-order valence-corrected chi connectivity index (χ1v) is 10.4. The van der Waals surface area contributed by atoms with Crippen LogP contribution in [-0.2, 0) is 6.54 Å². The number of benzene rings is 2. The summed E-state index contributed by atoms with van der Waals surface area (Å²) in [7, 11) is 0. The molecular formula is C24H19ClN4O3. The lowest BCUT2D eigenvalue weighted by Gasteiger charge is -2.10. The molecule has 3 aromatic heterocycles. The van der Waals surface area contributed by atoms with E-state index in [2.05, 4.69) is 16.1 Å². The van der Waals surface area contributed by atoms with Gasteiger partial charge in [-0.1, -0.05) is 17.7 Å². The summed E-state index contributed by atoms with van der Waals surface area (Å²) in [5, 5.41) is 6.03. The van der Waals surface area contributed by atoms with Gasteiger partial charge in [0.2, 0.25) is 0 Å². The summed E-state index contributed by atoms with van der Waals surface area (Å²) in [5.41, 5.74) is 4.65. The average Bonchev–Trinajstić information content (AvgIpc) is 3.16. The molecule has 0 spiro atoms. The normalized spacial score (nSPS) is 11.5. The van der Waals surface area contributed by atoms with Crippen molar-refractivity contribution < 1.29 is 4.42 Å². The summed E-state index contributed by atoms with van der Waals surface area (Å²) < 4.78 is 8.44. The SMILES string of the molecule is Cc1cc(C)cc(-n2ncc3c(=O)n(Cc4cc(=O)oc5cc(C)c(Cl)cc45)cnc32)c1. The molecule has 0 aliphatic rings. The van der Waals surface area contributed by atoms with Crippen LogP contribution < -0.4 is 11.2 Å². The molecule has 0 saturated carbocycles. The molecular weight excluding hydrogens is 428 g/mol. The van der Waals surface area contributed by atoms with Crippen LogP contribution in [0.1, 0.15) is 22.3 Å². The number of halogens is 1. The number of aromatic nitrogens is 4. The van der Waals surface area contributed by atoms with E-state index in [4.69, 9.17) is 16.0 Å². The van der Waals surface area contributed by atoms with Gasteiger partial charge in [-0.2, -0.15) is 5.10 Å².